The van der Waals surface area contributed by atoms with E-state index in [1.54, 1.807) is 0 Å². The highest BCUT2D eigenvalue weighted by Crippen LogP contribution is 2.23. The van der Waals surface area contributed by atoms with Crippen LogP contribution in [0.3, 0.4) is 0 Å². The summed E-state index contributed by atoms with van der Waals surface area (Å²) in [5, 5.41) is 2.86. The maximum Gasteiger partial charge on any atom is 0.262 e. The smallest absolute Gasteiger partial charge is 0.262 e. The van der Waals surface area contributed by atoms with Crippen molar-refractivity contribution in [2.24, 2.45) is 0 Å². The molecule has 0 saturated heterocycles. The molecule has 0 bridgehead atoms. The minimum Gasteiger partial charge on any atom is -0.484 e. The van der Waals surface area contributed by atoms with E-state index < -0.39 is 0 Å². The number of anilines is 1. The third-order valence-electron chi connectivity index (χ3n) is 5.16. The van der Waals surface area contributed by atoms with E-state index in [1.165, 1.54) is 0 Å². The zero-order valence-corrected chi connectivity index (χ0v) is 17.3. The fraction of sp³-hybridized carbons (Fsp3) is 0.0370. The maximum atomic E-state index is 12.3. The van der Waals surface area contributed by atoms with Gasteiger partial charge in [0.05, 0.1) is 11.0 Å². The van der Waals surface area contributed by atoms with Crippen LogP contribution in [0.1, 0.15) is 0 Å². The summed E-state index contributed by atoms with van der Waals surface area (Å²) in [6.07, 6.45) is 0. The Morgan fingerprint density at radius 1 is 0.750 bits per heavy atom. The molecule has 2 N–H and O–H groups in total. The number of fused-ring (bicyclic) bond motifs is 1. The number of carbonyl (C=O) groups is 1. The summed E-state index contributed by atoms with van der Waals surface area (Å²) < 4.78 is 5.63. The van der Waals surface area contributed by atoms with Crippen LogP contribution in [0.2, 0.25) is 0 Å². The number of aromatic nitrogens is 2. The van der Waals surface area contributed by atoms with Crippen LogP contribution in [0.5, 0.6) is 5.75 Å². The topological polar surface area (TPSA) is 67.0 Å². The molecule has 1 amide bonds. The van der Waals surface area contributed by atoms with Gasteiger partial charge in [-0.2, -0.15) is 0 Å². The number of H-pyrrole nitrogens is 1. The van der Waals surface area contributed by atoms with E-state index in [-0.39, 0.29) is 12.5 Å². The number of nitrogens with zero attached hydrogens (tertiary/aromatic N) is 1. The molecule has 1 heterocycles. The standard InChI is InChI=1S/C27H21N3O2/c31-26(18-32-23-16-12-20(13-17-23)19-6-2-1-3-7-19)28-22-14-10-21(11-15-22)27-29-24-8-4-5-9-25(24)30-27/h1-17H,18H2,(H,28,31)(H,29,30). The lowest BCUT2D eigenvalue weighted by Crippen LogP contribution is -2.20. The van der Waals surface area contributed by atoms with E-state index in [2.05, 4.69) is 27.4 Å². The van der Waals surface area contributed by atoms with Gasteiger partial charge in [0, 0.05) is 11.3 Å². The molecule has 5 heteroatoms. The number of imidazole rings is 1. The van der Waals surface area contributed by atoms with Crippen LogP contribution >= 0.6 is 0 Å². The van der Waals surface area contributed by atoms with Crippen LogP contribution in [0, 0.1) is 0 Å². The van der Waals surface area contributed by atoms with Crippen LogP contribution in [-0.2, 0) is 4.79 Å². The second-order valence-corrected chi connectivity index (χ2v) is 7.41. The zero-order valence-electron chi connectivity index (χ0n) is 17.3. The fourth-order valence-corrected chi connectivity index (χ4v) is 3.52. The summed E-state index contributed by atoms with van der Waals surface area (Å²) in [4.78, 5) is 20.2. The number of aromatic amines is 1. The molecular formula is C27H21N3O2. The van der Waals surface area contributed by atoms with Crippen molar-refractivity contribution >= 4 is 22.6 Å². The van der Waals surface area contributed by atoms with Crippen molar-refractivity contribution in [3.63, 3.8) is 0 Å². The summed E-state index contributed by atoms with van der Waals surface area (Å²) in [6.45, 7) is -0.0595. The molecule has 5 nitrogen and oxygen atoms in total. The van der Waals surface area contributed by atoms with Gasteiger partial charge < -0.3 is 15.0 Å². The first-order chi connectivity index (χ1) is 15.7. The molecule has 0 unspecified atom stereocenters. The first-order valence-electron chi connectivity index (χ1n) is 10.4. The van der Waals surface area contributed by atoms with E-state index in [1.807, 2.05) is 91.0 Å². The van der Waals surface area contributed by atoms with Crippen molar-refractivity contribution in [1.29, 1.82) is 0 Å². The van der Waals surface area contributed by atoms with Gasteiger partial charge in [0.2, 0.25) is 0 Å². The quantitative estimate of drug-likeness (QED) is 0.359. The Balaban J connectivity index is 1.17. The van der Waals surface area contributed by atoms with E-state index in [0.717, 1.165) is 33.5 Å². The Morgan fingerprint density at radius 2 is 1.41 bits per heavy atom. The lowest BCUT2D eigenvalue weighted by Gasteiger charge is -2.09. The fourth-order valence-electron chi connectivity index (χ4n) is 3.52. The van der Waals surface area contributed by atoms with Gasteiger partial charge in [-0.15, -0.1) is 0 Å². The Hall–Kier alpha value is -4.38. The number of rotatable bonds is 6. The molecular weight excluding hydrogens is 398 g/mol. The Morgan fingerprint density at radius 3 is 2.16 bits per heavy atom. The molecule has 4 aromatic carbocycles. The van der Waals surface area contributed by atoms with Crippen molar-refractivity contribution in [1.82, 2.24) is 9.97 Å². The number of ether oxygens (including phenoxy) is 1. The number of hydrogen-bond donors (Lipinski definition) is 2. The second kappa shape index (κ2) is 8.78. The van der Waals surface area contributed by atoms with Crippen LogP contribution in [0.15, 0.2) is 103 Å². The van der Waals surface area contributed by atoms with Crippen molar-refractivity contribution < 1.29 is 9.53 Å². The Kier molecular flexibility index (Phi) is 5.37. The van der Waals surface area contributed by atoms with Gasteiger partial charge in [0.25, 0.3) is 5.91 Å². The van der Waals surface area contributed by atoms with Gasteiger partial charge >= 0.3 is 0 Å². The minimum atomic E-state index is -0.214. The first-order valence-corrected chi connectivity index (χ1v) is 10.4. The van der Waals surface area contributed by atoms with Crippen LogP contribution < -0.4 is 10.1 Å². The average Bonchev–Trinajstić information content (AvgIpc) is 3.28. The highest BCUT2D eigenvalue weighted by Gasteiger charge is 2.07. The van der Waals surface area contributed by atoms with E-state index in [4.69, 9.17) is 4.74 Å². The highest BCUT2D eigenvalue weighted by atomic mass is 16.5. The van der Waals surface area contributed by atoms with Gasteiger partial charge in [-0.25, -0.2) is 4.98 Å². The molecule has 5 aromatic rings. The molecule has 0 aliphatic rings. The largest absolute Gasteiger partial charge is 0.484 e. The third-order valence-corrected chi connectivity index (χ3v) is 5.16. The normalized spacial score (nSPS) is 10.8. The predicted octanol–water partition coefficient (Wildman–Crippen LogP) is 5.91. The van der Waals surface area contributed by atoms with Crippen LogP contribution in [0.4, 0.5) is 5.69 Å². The van der Waals surface area contributed by atoms with Gasteiger partial charge in [-0.05, 0) is 59.7 Å². The molecule has 156 valence electrons. The van der Waals surface area contributed by atoms with Crippen molar-refractivity contribution in [3.05, 3.63) is 103 Å². The number of nitrogens with one attached hydrogen (secondary N) is 2. The molecule has 0 atom stereocenters. The second-order valence-electron chi connectivity index (χ2n) is 7.41. The number of carbonyl (C=O) groups excluding carboxylic acids is 1. The number of para-hydroxylation sites is 2. The molecule has 0 radical (unpaired) electrons. The Labute approximate surface area is 185 Å². The predicted molar refractivity (Wildman–Crippen MR) is 128 cm³/mol. The average molecular weight is 419 g/mol. The number of amides is 1. The SMILES string of the molecule is O=C(COc1ccc(-c2ccccc2)cc1)Nc1ccc(-c2nc3ccccc3[nH]2)cc1. The molecule has 0 saturated carbocycles. The van der Waals surface area contributed by atoms with Crippen molar-refractivity contribution in [2.75, 3.05) is 11.9 Å². The lowest BCUT2D eigenvalue weighted by atomic mass is 10.1. The summed E-state index contributed by atoms with van der Waals surface area (Å²) in [7, 11) is 0. The van der Waals surface area contributed by atoms with Crippen LogP contribution in [0.25, 0.3) is 33.5 Å². The van der Waals surface area contributed by atoms with Gasteiger partial charge in [0.1, 0.15) is 11.6 Å². The summed E-state index contributed by atoms with van der Waals surface area (Å²) >= 11 is 0. The lowest BCUT2D eigenvalue weighted by molar-refractivity contribution is -0.118. The molecule has 32 heavy (non-hydrogen) atoms. The Bertz CT molecular complexity index is 1310. The molecule has 0 aliphatic heterocycles. The molecule has 0 aliphatic carbocycles. The van der Waals surface area contributed by atoms with Crippen molar-refractivity contribution in [3.8, 4) is 28.3 Å². The minimum absolute atomic E-state index is 0.0595. The van der Waals surface area contributed by atoms with E-state index in [0.29, 0.717) is 11.4 Å². The molecule has 0 spiro atoms. The van der Waals surface area contributed by atoms with E-state index >= 15 is 0 Å². The summed E-state index contributed by atoms with van der Waals surface area (Å²) in [5.74, 6) is 1.24. The number of benzene rings is 4. The van der Waals surface area contributed by atoms with Crippen LogP contribution in [-0.4, -0.2) is 22.5 Å². The molecule has 5 rings (SSSR count). The van der Waals surface area contributed by atoms with E-state index in [9.17, 15) is 4.79 Å². The van der Waals surface area contributed by atoms with Crippen molar-refractivity contribution in [2.45, 2.75) is 0 Å². The van der Waals surface area contributed by atoms with Gasteiger partial charge in [-0.1, -0.05) is 54.6 Å². The van der Waals surface area contributed by atoms with Gasteiger partial charge in [0.15, 0.2) is 6.61 Å². The molecule has 0 fully saturated rings. The monoisotopic (exact) mass is 419 g/mol. The summed E-state index contributed by atoms with van der Waals surface area (Å²) in [5.41, 5.74) is 5.82. The summed E-state index contributed by atoms with van der Waals surface area (Å²) in [6, 6.07) is 33.3. The first kappa shape index (κ1) is 19.6. The highest BCUT2D eigenvalue weighted by molar-refractivity contribution is 5.92. The van der Waals surface area contributed by atoms with Gasteiger partial charge in [-0.3, -0.25) is 4.79 Å². The number of hydrogen-bond acceptors (Lipinski definition) is 3. The zero-order chi connectivity index (χ0) is 21.8. The third kappa shape index (κ3) is 4.37. The molecule has 1 aromatic heterocycles. The maximum absolute atomic E-state index is 12.3.